The molecule has 2 heteroatoms. The van der Waals surface area contributed by atoms with Gasteiger partial charge in [0.1, 0.15) is 5.75 Å². The standard InChI is InChI=1S/C14H13BrO/c1-10-7-8-11(15)9-13(10)12-5-3-4-6-14(12)16-2/h3-9H,1-2H3. The number of benzene rings is 2. The van der Waals surface area contributed by atoms with Crippen LogP contribution in [0.4, 0.5) is 0 Å². The number of hydrogen-bond donors (Lipinski definition) is 0. The van der Waals surface area contributed by atoms with Crippen molar-refractivity contribution < 1.29 is 4.74 Å². The summed E-state index contributed by atoms with van der Waals surface area (Å²) in [7, 11) is 1.70. The number of ether oxygens (including phenoxy) is 1. The quantitative estimate of drug-likeness (QED) is 0.788. The first kappa shape index (κ1) is 11.2. The van der Waals surface area contributed by atoms with E-state index in [0.29, 0.717) is 0 Å². The molecule has 0 amide bonds. The molecule has 0 heterocycles. The maximum Gasteiger partial charge on any atom is 0.126 e. The molecule has 0 aliphatic heterocycles. The summed E-state index contributed by atoms with van der Waals surface area (Å²) in [4.78, 5) is 0. The molecule has 0 N–H and O–H groups in total. The predicted molar refractivity (Wildman–Crippen MR) is 70.9 cm³/mol. The molecule has 2 aromatic rings. The van der Waals surface area contributed by atoms with Gasteiger partial charge in [0.25, 0.3) is 0 Å². The topological polar surface area (TPSA) is 9.23 Å². The number of para-hydroxylation sites is 1. The van der Waals surface area contributed by atoms with Crippen LogP contribution in [0.5, 0.6) is 5.75 Å². The molecule has 0 radical (unpaired) electrons. The van der Waals surface area contributed by atoms with Crippen LogP contribution in [0.3, 0.4) is 0 Å². The van der Waals surface area contributed by atoms with Crippen molar-refractivity contribution in [3.05, 3.63) is 52.5 Å². The van der Waals surface area contributed by atoms with Crippen molar-refractivity contribution in [3.63, 3.8) is 0 Å². The van der Waals surface area contributed by atoms with E-state index >= 15 is 0 Å². The Morgan fingerprint density at radius 3 is 2.50 bits per heavy atom. The van der Waals surface area contributed by atoms with Crippen LogP contribution in [0.1, 0.15) is 5.56 Å². The zero-order valence-corrected chi connectivity index (χ0v) is 10.9. The van der Waals surface area contributed by atoms with Gasteiger partial charge >= 0.3 is 0 Å². The van der Waals surface area contributed by atoms with Gasteiger partial charge in [-0.25, -0.2) is 0 Å². The molecular formula is C14H13BrO. The van der Waals surface area contributed by atoms with Gasteiger partial charge in [-0.15, -0.1) is 0 Å². The first-order chi connectivity index (χ1) is 7.72. The van der Waals surface area contributed by atoms with Crippen molar-refractivity contribution in [1.82, 2.24) is 0 Å². The van der Waals surface area contributed by atoms with Gasteiger partial charge in [0.2, 0.25) is 0 Å². The molecule has 0 saturated heterocycles. The Kier molecular flexibility index (Phi) is 3.30. The lowest BCUT2D eigenvalue weighted by atomic mass is 10.00. The molecule has 2 rings (SSSR count). The van der Waals surface area contributed by atoms with Crippen molar-refractivity contribution in [1.29, 1.82) is 0 Å². The largest absolute Gasteiger partial charge is 0.496 e. The summed E-state index contributed by atoms with van der Waals surface area (Å²) in [5.41, 5.74) is 3.57. The van der Waals surface area contributed by atoms with E-state index < -0.39 is 0 Å². The Morgan fingerprint density at radius 1 is 1.00 bits per heavy atom. The highest BCUT2D eigenvalue weighted by Gasteiger charge is 2.07. The Hall–Kier alpha value is -1.28. The maximum absolute atomic E-state index is 5.38. The summed E-state index contributed by atoms with van der Waals surface area (Å²) in [5.74, 6) is 0.906. The minimum Gasteiger partial charge on any atom is -0.496 e. The van der Waals surface area contributed by atoms with Crippen LogP contribution < -0.4 is 4.74 Å². The average Bonchev–Trinajstić information content (AvgIpc) is 2.32. The molecule has 0 bridgehead atoms. The van der Waals surface area contributed by atoms with Gasteiger partial charge in [0, 0.05) is 10.0 Å². The third kappa shape index (κ3) is 2.12. The fourth-order valence-corrected chi connectivity index (χ4v) is 2.11. The zero-order chi connectivity index (χ0) is 11.5. The normalized spacial score (nSPS) is 10.2. The summed E-state index contributed by atoms with van der Waals surface area (Å²) in [6.45, 7) is 2.11. The Balaban J connectivity index is 2.62. The highest BCUT2D eigenvalue weighted by Crippen LogP contribution is 2.33. The van der Waals surface area contributed by atoms with E-state index in [4.69, 9.17) is 4.74 Å². The maximum atomic E-state index is 5.38. The lowest BCUT2D eigenvalue weighted by molar-refractivity contribution is 0.416. The molecular weight excluding hydrogens is 264 g/mol. The monoisotopic (exact) mass is 276 g/mol. The van der Waals surface area contributed by atoms with Crippen molar-refractivity contribution in [2.75, 3.05) is 7.11 Å². The van der Waals surface area contributed by atoms with Crippen molar-refractivity contribution in [3.8, 4) is 16.9 Å². The smallest absolute Gasteiger partial charge is 0.126 e. The highest BCUT2D eigenvalue weighted by molar-refractivity contribution is 9.10. The lowest BCUT2D eigenvalue weighted by Crippen LogP contribution is -1.89. The summed E-state index contributed by atoms with van der Waals surface area (Å²) >= 11 is 3.50. The molecule has 0 aliphatic rings. The van der Waals surface area contributed by atoms with Crippen LogP contribution in [0.2, 0.25) is 0 Å². The minimum absolute atomic E-state index is 0.906. The van der Waals surface area contributed by atoms with E-state index in [1.165, 1.54) is 11.1 Å². The molecule has 0 unspecified atom stereocenters. The summed E-state index contributed by atoms with van der Waals surface area (Å²) in [6.07, 6.45) is 0. The molecule has 2 aromatic carbocycles. The minimum atomic E-state index is 0.906. The first-order valence-corrected chi connectivity index (χ1v) is 5.91. The molecule has 16 heavy (non-hydrogen) atoms. The highest BCUT2D eigenvalue weighted by atomic mass is 79.9. The van der Waals surface area contributed by atoms with E-state index in [0.717, 1.165) is 15.8 Å². The molecule has 0 aliphatic carbocycles. The molecule has 0 saturated carbocycles. The number of aryl methyl sites for hydroxylation is 1. The molecule has 0 spiro atoms. The lowest BCUT2D eigenvalue weighted by Gasteiger charge is -2.11. The SMILES string of the molecule is COc1ccccc1-c1cc(Br)ccc1C. The number of methoxy groups -OCH3 is 1. The fraction of sp³-hybridized carbons (Fsp3) is 0.143. The Morgan fingerprint density at radius 2 is 1.75 bits per heavy atom. The van der Waals surface area contributed by atoms with Gasteiger partial charge < -0.3 is 4.74 Å². The molecule has 1 nitrogen and oxygen atoms in total. The van der Waals surface area contributed by atoms with E-state index in [-0.39, 0.29) is 0 Å². The Bertz CT molecular complexity index is 506. The zero-order valence-electron chi connectivity index (χ0n) is 9.33. The summed E-state index contributed by atoms with van der Waals surface area (Å²) < 4.78 is 6.46. The predicted octanol–water partition coefficient (Wildman–Crippen LogP) is 4.43. The van der Waals surface area contributed by atoms with Crippen LogP contribution in [0, 0.1) is 6.92 Å². The van der Waals surface area contributed by atoms with Gasteiger partial charge in [-0.05, 0) is 36.2 Å². The van der Waals surface area contributed by atoms with Gasteiger partial charge in [-0.2, -0.15) is 0 Å². The fourth-order valence-electron chi connectivity index (χ4n) is 1.75. The second kappa shape index (κ2) is 4.71. The van der Waals surface area contributed by atoms with E-state index in [9.17, 15) is 0 Å². The van der Waals surface area contributed by atoms with E-state index in [2.05, 4.69) is 41.1 Å². The van der Waals surface area contributed by atoms with E-state index in [1.807, 2.05) is 24.3 Å². The second-order valence-corrected chi connectivity index (χ2v) is 4.58. The average molecular weight is 277 g/mol. The van der Waals surface area contributed by atoms with Crippen LogP contribution in [-0.4, -0.2) is 7.11 Å². The van der Waals surface area contributed by atoms with Crippen molar-refractivity contribution in [2.24, 2.45) is 0 Å². The van der Waals surface area contributed by atoms with Gasteiger partial charge in [0.05, 0.1) is 7.11 Å². The number of halogens is 1. The van der Waals surface area contributed by atoms with Crippen LogP contribution in [0.15, 0.2) is 46.9 Å². The van der Waals surface area contributed by atoms with Crippen molar-refractivity contribution >= 4 is 15.9 Å². The first-order valence-electron chi connectivity index (χ1n) is 5.12. The third-order valence-electron chi connectivity index (χ3n) is 2.60. The van der Waals surface area contributed by atoms with Crippen LogP contribution >= 0.6 is 15.9 Å². The number of rotatable bonds is 2. The number of hydrogen-bond acceptors (Lipinski definition) is 1. The summed E-state index contributed by atoms with van der Waals surface area (Å²) in [5, 5.41) is 0. The molecule has 82 valence electrons. The summed E-state index contributed by atoms with van der Waals surface area (Å²) in [6, 6.07) is 14.3. The van der Waals surface area contributed by atoms with E-state index in [1.54, 1.807) is 7.11 Å². The van der Waals surface area contributed by atoms with Crippen molar-refractivity contribution in [2.45, 2.75) is 6.92 Å². The third-order valence-corrected chi connectivity index (χ3v) is 3.09. The van der Waals surface area contributed by atoms with Crippen LogP contribution in [0.25, 0.3) is 11.1 Å². The van der Waals surface area contributed by atoms with Gasteiger partial charge in [0.15, 0.2) is 0 Å². The molecule has 0 atom stereocenters. The van der Waals surface area contributed by atoms with Gasteiger partial charge in [-0.1, -0.05) is 40.2 Å². The molecule has 0 fully saturated rings. The Labute approximate surface area is 104 Å². The molecule has 0 aromatic heterocycles. The second-order valence-electron chi connectivity index (χ2n) is 3.66. The van der Waals surface area contributed by atoms with Crippen LogP contribution in [-0.2, 0) is 0 Å². The van der Waals surface area contributed by atoms with Gasteiger partial charge in [-0.3, -0.25) is 0 Å².